The fourth-order valence-corrected chi connectivity index (χ4v) is 3.93. The minimum absolute atomic E-state index is 0.00256. The van der Waals surface area contributed by atoms with Crippen LogP contribution in [0.25, 0.3) is 33.4 Å². The number of phenols is 1. The summed E-state index contributed by atoms with van der Waals surface area (Å²) >= 11 is 0. The summed E-state index contributed by atoms with van der Waals surface area (Å²) in [4.78, 5) is 38.9. The van der Waals surface area contributed by atoms with E-state index in [0.29, 0.717) is 34.2 Å². The summed E-state index contributed by atoms with van der Waals surface area (Å²) in [6.07, 6.45) is 0.773. The van der Waals surface area contributed by atoms with Crippen LogP contribution in [0.2, 0.25) is 0 Å². The fourth-order valence-electron chi connectivity index (χ4n) is 3.93. The summed E-state index contributed by atoms with van der Waals surface area (Å²) in [6.45, 7) is 1.30. The number of carbonyl (C=O) groups is 2. The van der Waals surface area contributed by atoms with E-state index in [1.807, 2.05) is 19.0 Å². The molecular formula is C26H24N2O6. The lowest BCUT2D eigenvalue weighted by Gasteiger charge is -2.17. The minimum atomic E-state index is -1.16. The van der Waals surface area contributed by atoms with Crippen molar-refractivity contribution in [3.05, 3.63) is 75.9 Å². The number of aromatic carboxylic acids is 1. The number of aromatic hydroxyl groups is 1. The van der Waals surface area contributed by atoms with Gasteiger partial charge in [-0.05, 0) is 75.1 Å². The Morgan fingerprint density at radius 3 is 2.53 bits per heavy atom. The zero-order chi connectivity index (χ0) is 24.4. The molecule has 1 amide bonds. The summed E-state index contributed by atoms with van der Waals surface area (Å²) in [5.74, 6) is -1.26. The molecule has 34 heavy (non-hydrogen) atoms. The molecule has 2 aliphatic rings. The first-order chi connectivity index (χ1) is 16.2. The van der Waals surface area contributed by atoms with Gasteiger partial charge >= 0.3 is 5.97 Å². The zero-order valence-electron chi connectivity index (χ0n) is 18.8. The van der Waals surface area contributed by atoms with Crippen molar-refractivity contribution in [3.8, 4) is 28.2 Å². The highest BCUT2D eigenvalue weighted by atomic mass is 16.4. The number of rotatable bonds is 7. The standard InChI is InChI=1S/C26H24N2O6/c1-28(2)11-3-10-27-25(31)15-4-7-18(26(32)33)21(12-15)24-19-8-5-16(29)13-22(19)34-23-14-17(30)6-9-20(23)24/h4-9,12-14,29H,3,10-11H2,1-2H3,(H,27,31)(H,32,33). The molecule has 0 radical (unpaired) electrons. The molecule has 1 aliphatic carbocycles. The highest BCUT2D eigenvalue weighted by Crippen LogP contribution is 2.42. The Bertz CT molecular complexity index is 1420. The minimum Gasteiger partial charge on any atom is -0.508 e. The van der Waals surface area contributed by atoms with Gasteiger partial charge in [-0.15, -0.1) is 0 Å². The van der Waals surface area contributed by atoms with Gasteiger partial charge in [0.1, 0.15) is 17.1 Å². The lowest BCUT2D eigenvalue weighted by Crippen LogP contribution is -2.27. The van der Waals surface area contributed by atoms with Crippen molar-refractivity contribution in [1.29, 1.82) is 0 Å². The lowest BCUT2D eigenvalue weighted by atomic mass is 9.89. The van der Waals surface area contributed by atoms with Gasteiger partial charge in [0, 0.05) is 40.8 Å². The molecule has 4 rings (SSSR count). The Balaban J connectivity index is 1.89. The third kappa shape index (κ3) is 4.62. The molecule has 2 aromatic rings. The van der Waals surface area contributed by atoms with E-state index in [-0.39, 0.29) is 34.0 Å². The van der Waals surface area contributed by atoms with Crippen molar-refractivity contribution in [1.82, 2.24) is 10.2 Å². The first-order valence-electron chi connectivity index (χ1n) is 10.7. The molecule has 3 N–H and O–H groups in total. The Morgan fingerprint density at radius 2 is 1.79 bits per heavy atom. The Labute approximate surface area is 195 Å². The van der Waals surface area contributed by atoms with Crippen LogP contribution in [0.4, 0.5) is 0 Å². The Hall–Kier alpha value is -4.17. The van der Waals surface area contributed by atoms with Gasteiger partial charge in [0.15, 0.2) is 5.43 Å². The first kappa shape index (κ1) is 23.0. The molecule has 0 spiro atoms. The van der Waals surface area contributed by atoms with Crippen LogP contribution < -0.4 is 10.7 Å². The van der Waals surface area contributed by atoms with Gasteiger partial charge < -0.3 is 24.8 Å². The van der Waals surface area contributed by atoms with Gasteiger partial charge in [-0.25, -0.2) is 4.79 Å². The number of benzene rings is 3. The SMILES string of the molecule is CN(C)CCCNC(=O)c1ccc(C(=O)O)c(-c2c3ccc(=O)cc-3oc3cc(O)ccc23)c1. The molecule has 2 aromatic carbocycles. The number of nitrogens with zero attached hydrogens (tertiary/aromatic N) is 1. The summed E-state index contributed by atoms with van der Waals surface area (Å²) in [5.41, 5.74) is 1.64. The summed E-state index contributed by atoms with van der Waals surface area (Å²) < 4.78 is 5.84. The third-order valence-electron chi connectivity index (χ3n) is 5.53. The van der Waals surface area contributed by atoms with Crippen molar-refractivity contribution in [2.75, 3.05) is 27.2 Å². The zero-order valence-corrected chi connectivity index (χ0v) is 18.8. The van der Waals surface area contributed by atoms with Gasteiger partial charge in [-0.2, -0.15) is 0 Å². The van der Waals surface area contributed by atoms with Gasteiger partial charge in [0.25, 0.3) is 5.91 Å². The molecule has 0 saturated carbocycles. The highest BCUT2D eigenvalue weighted by molar-refractivity contribution is 6.09. The van der Waals surface area contributed by atoms with Crippen molar-refractivity contribution >= 4 is 22.8 Å². The number of hydrogen-bond donors (Lipinski definition) is 3. The quantitative estimate of drug-likeness (QED) is 0.284. The van der Waals surface area contributed by atoms with Crippen LogP contribution in [-0.4, -0.2) is 54.2 Å². The molecule has 1 heterocycles. The smallest absolute Gasteiger partial charge is 0.336 e. The molecule has 0 fully saturated rings. The molecule has 0 unspecified atom stereocenters. The van der Waals surface area contributed by atoms with Gasteiger partial charge in [-0.3, -0.25) is 9.59 Å². The lowest BCUT2D eigenvalue weighted by molar-refractivity contribution is 0.0697. The van der Waals surface area contributed by atoms with Crippen LogP contribution in [0.15, 0.2) is 63.8 Å². The summed E-state index contributed by atoms with van der Waals surface area (Å²) in [5, 5.41) is 23.2. The number of amides is 1. The third-order valence-corrected chi connectivity index (χ3v) is 5.53. The molecule has 0 atom stereocenters. The van der Waals surface area contributed by atoms with E-state index >= 15 is 0 Å². The Morgan fingerprint density at radius 1 is 1.00 bits per heavy atom. The van der Waals surface area contributed by atoms with Crippen LogP contribution in [0, 0.1) is 0 Å². The predicted molar refractivity (Wildman–Crippen MR) is 129 cm³/mol. The number of carboxylic acids is 1. The summed E-state index contributed by atoms with van der Waals surface area (Å²) in [7, 11) is 3.91. The maximum Gasteiger partial charge on any atom is 0.336 e. The van der Waals surface area contributed by atoms with Crippen molar-refractivity contribution < 1.29 is 24.2 Å². The van der Waals surface area contributed by atoms with Crippen molar-refractivity contribution in [2.45, 2.75) is 6.42 Å². The van der Waals surface area contributed by atoms with Crippen LogP contribution >= 0.6 is 0 Å². The van der Waals surface area contributed by atoms with Crippen molar-refractivity contribution in [2.24, 2.45) is 0 Å². The number of carbonyl (C=O) groups excluding carboxylic acids is 1. The molecule has 174 valence electrons. The Kier molecular flexibility index (Phi) is 6.34. The number of carboxylic acid groups (broad SMARTS) is 1. The maximum atomic E-state index is 12.8. The van der Waals surface area contributed by atoms with Crippen LogP contribution in [0.3, 0.4) is 0 Å². The van der Waals surface area contributed by atoms with E-state index in [2.05, 4.69) is 5.32 Å². The fraction of sp³-hybridized carbons (Fsp3) is 0.192. The molecule has 0 aromatic heterocycles. The van der Waals surface area contributed by atoms with E-state index in [9.17, 15) is 24.6 Å². The average molecular weight is 460 g/mol. The second-order valence-corrected chi connectivity index (χ2v) is 8.29. The van der Waals surface area contributed by atoms with E-state index in [4.69, 9.17) is 4.42 Å². The molecule has 8 heteroatoms. The van der Waals surface area contributed by atoms with Crippen LogP contribution in [0.1, 0.15) is 27.1 Å². The normalized spacial score (nSPS) is 11.3. The number of fused-ring (bicyclic) bond motifs is 2. The van der Waals surface area contributed by atoms with E-state index in [1.54, 1.807) is 12.1 Å². The van der Waals surface area contributed by atoms with Crippen molar-refractivity contribution in [3.63, 3.8) is 0 Å². The van der Waals surface area contributed by atoms with Gasteiger partial charge in [0.2, 0.25) is 0 Å². The molecular weight excluding hydrogens is 436 g/mol. The number of hydrogen-bond acceptors (Lipinski definition) is 6. The second kappa shape index (κ2) is 9.36. The summed E-state index contributed by atoms with van der Waals surface area (Å²) in [6, 6.07) is 13.2. The topological polar surface area (TPSA) is 120 Å². The highest BCUT2D eigenvalue weighted by Gasteiger charge is 2.23. The van der Waals surface area contributed by atoms with E-state index < -0.39 is 5.97 Å². The van der Waals surface area contributed by atoms with E-state index in [0.717, 1.165) is 13.0 Å². The molecule has 1 aliphatic heterocycles. The van der Waals surface area contributed by atoms with Crippen LogP contribution in [-0.2, 0) is 0 Å². The van der Waals surface area contributed by atoms with Crippen LogP contribution in [0.5, 0.6) is 5.75 Å². The largest absolute Gasteiger partial charge is 0.508 e. The average Bonchev–Trinajstić information content (AvgIpc) is 2.79. The first-order valence-corrected chi connectivity index (χ1v) is 10.7. The van der Waals surface area contributed by atoms with E-state index in [1.165, 1.54) is 42.5 Å². The number of nitrogens with one attached hydrogen (secondary N) is 1. The molecule has 8 nitrogen and oxygen atoms in total. The monoisotopic (exact) mass is 460 g/mol. The second-order valence-electron chi connectivity index (χ2n) is 8.29. The molecule has 0 bridgehead atoms. The predicted octanol–water partition coefficient (Wildman–Crippen LogP) is 3.65. The molecule has 0 saturated heterocycles. The number of phenolic OH excluding ortho intramolecular Hbond substituents is 1. The van der Waals surface area contributed by atoms with Gasteiger partial charge in [0.05, 0.1) is 5.56 Å². The van der Waals surface area contributed by atoms with Gasteiger partial charge in [-0.1, -0.05) is 0 Å². The maximum absolute atomic E-state index is 12.8.